The van der Waals surface area contributed by atoms with Gasteiger partial charge in [0.1, 0.15) is 5.54 Å². The van der Waals surface area contributed by atoms with Crippen LogP contribution in [0.1, 0.15) is 26.7 Å². The lowest BCUT2D eigenvalue weighted by atomic mass is 9.94. The van der Waals surface area contributed by atoms with E-state index in [1.807, 2.05) is 6.92 Å². The molecule has 0 aromatic carbocycles. The molecule has 0 radical (unpaired) electrons. The molecule has 0 aromatic rings. The van der Waals surface area contributed by atoms with Gasteiger partial charge in [0.2, 0.25) is 11.8 Å². The second kappa shape index (κ2) is 4.59. The maximum absolute atomic E-state index is 12.0. The lowest BCUT2D eigenvalue weighted by Crippen LogP contribution is -2.65. The zero-order chi connectivity index (χ0) is 11.5. The van der Waals surface area contributed by atoms with E-state index in [0.717, 1.165) is 0 Å². The van der Waals surface area contributed by atoms with Crippen LogP contribution in [0.5, 0.6) is 0 Å². The number of hydrogen-bond donors (Lipinski definition) is 1. The molecule has 1 aliphatic heterocycles. The highest BCUT2D eigenvalue weighted by atomic mass is 19.1. The van der Waals surface area contributed by atoms with Crippen LogP contribution < -0.4 is 5.32 Å². The molecular formula is C10H17FN2O2. The number of nitrogens with zero attached hydrogens (tertiary/aromatic N) is 1. The number of hydrogen-bond acceptors (Lipinski definition) is 2. The Balaban J connectivity index is 2.72. The summed E-state index contributed by atoms with van der Waals surface area (Å²) in [6, 6.07) is 0. The summed E-state index contributed by atoms with van der Waals surface area (Å²) in [4.78, 5) is 24.7. The van der Waals surface area contributed by atoms with Crippen molar-refractivity contribution in [1.29, 1.82) is 0 Å². The Morgan fingerprint density at radius 3 is 2.73 bits per heavy atom. The van der Waals surface area contributed by atoms with E-state index in [4.69, 9.17) is 0 Å². The molecular weight excluding hydrogens is 199 g/mol. The van der Waals surface area contributed by atoms with Gasteiger partial charge in [0.25, 0.3) is 0 Å². The number of carbonyl (C=O) groups is 2. The van der Waals surface area contributed by atoms with Gasteiger partial charge in [0, 0.05) is 6.54 Å². The molecule has 2 amide bonds. The summed E-state index contributed by atoms with van der Waals surface area (Å²) in [5.41, 5.74) is -0.814. The molecule has 15 heavy (non-hydrogen) atoms. The number of rotatable bonds is 4. The minimum Gasteiger partial charge on any atom is -0.340 e. The monoisotopic (exact) mass is 216 g/mol. The van der Waals surface area contributed by atoms with Crippen LogP contribution in [0.4, 0.5) is 4.39 Å². The van der Waals surface area contributed by atoms with Crippen LogP contribution in [-0.2, 0) is 9.59 Å². The van der Waals surface area contributed by atoms with E-state index in [1.165, 1.54) is 4.90 Å². The first kappa shape index (κ1) is 11.9. The van der Waals surface area contributed by atoms with Crippen molar-refractivity contribution in [2.24, 2.45) is 0 Å². The van der Waals surface area contributed by atoms with E-state index in [1.54, 1.807) is 6.92 Å². The highest BCUT2D eigenvalue weighted by Gasteiger charge is 2.40. The number of piperazine rings is 1. The first-order valence-corrected chi connectivity index (χ1v) is 5.20. The molecule has 1 heterocycles. The van der Waals surface area contributed by atoms with Gasteiger partial charge in [-0.05, 0) is 19.8 Å². The van der Waals surface area contributed by atoms with Crippen molar-refractivity contribution >= 4 is 11.8 Å². The minimum atomic E-state index is -0.814. The van der Waals surface area contributed by atoms with Crippen molar-refractivity contribution in [2.45, 2.75) is 32.2 Å². The zero-order valence-corrected chi connectivity index (χ0v) is 9.18. The topological polar surface area (TPSA) is 49.4 Å². The second-order valence-electron chi connectivity index (χ2n) is 4.00. The molecule has 1 fully saturated rings. The Labute approximate surface area is 88.8 Å². The van der Waals surface area contributed by atoms with Gasteiger partial charge in [0.05, 0.1) is 13.2 Å². The average molecular weight is 216 g/mol. The third kappa shape index (κ3) is 2.46. The average Bonchev–Trinajstić information content (AvgIpc) is 2.21. The van der Waals surface area contributed by atoms with Gasteiger partial charge in [-0.2, -0.15) is 0 Å². The first-order valence-electron chi connectivity index (χ1n) is 5.20. The molecule has 86 valence electrons. The smallest absolute Gasteiger partial charge is 0.248 e. The highest BCUT2D eigenvalue weighted by molar-refractivity contribution is 5.97. The number of nitrogens with one attached hydrogen (secondary N) is 1. The molecule has 4 nitrogen and oxygen atoms in total. The normalized spacial score (nSPS) is 26.7. The summed E-state index contributed by atoms with van der Waals surface area (Å²) < 4.78 is 12.0. The molecule has 1 unspecified atom stereocenters. The van der Waals surface area contributed by atoms with Gasteiger partial charge in [-0.15, -0.1) is 0 Å². The Kier molecular flexibility index (Phi) is 3.66. The Bertz CT molecular complexity index is 270. The Hall–Kier alpha value is -1.13. The van der Waals surface area contributed by atoms with Crippen molar-refractivity contribution in [1.82, 2.24) is 10.2 Å². The van der Waals surface area contributed by atoms with Gasteiger partial charge < -0.3 is 10.2 Å². The van der Waals surface area contributed by atoms with E-state index >= 15 is 0 Å². The third-order valence-electron chi connectivity index (χ3n) is 2.78. The van der Waals surface area contributed by atoms with E-state index in [2.05, 4.69) is 5.32 Å². The largest absolute Gasteiger partial charge is 0.340 e. The van der Waals surface area contributed by atoms with Crippen molar-refractivity contribution in [3.63, 3.8) is 0 Å². The van der Waals surface area contributed by atoms with E-state index < -0.39 is 12.2 Å². The number of carbonyl (C=O) groups excluding carboxylic acids is 2. The third-order valence-corrected chi connectivity index (χ3v) is 2.78. The molecule has 1 N–H and O–H groups in total. The SMILES string of the molecule is CCC1(C)NC(=O)CN(CCCF)C1=O. The van der Waals surface area contributed by atoms with Gasteiger partial charge in [-0.3, -0.25) is 14.0 Å². The summed E-state index contributed by atoms with van der Waals surface area (Å²) in [6.07, 6.45) is 0.836. The highest BCUT2D eigenvalue weighted by Crippen LogP contribution is 2.17. The van der Waals surface area contributed by atoms with Crippen LogP contribution in [0, 0.1) is 0 Å². The lowest BCUT2D eigenvalue weighted by molar-refractivity contribution is -0.149. The minimum absolute atomic E-state index is 0.0500. The van der Waals surface area contributed by atoms with Gasteiger partial charge in [0.15, 0.2) is 0 Å². The summed E-state index contributed by atoms with van der Waals surface area (Å²) in [5.74, 6) is -0.282. The molecule has 1 rings (SSSR count). The van der Waals surface area contributed by atoms with Crippen LogP contribution in [0.15, 0.2) is 0 Å². The van der Waals surface area contributed by atoms with Crippen molar-refractivity contribution in [3.05, 3.63) is 0 Å². The molecule has 0 aromatic heterocycles. The molecule has 5 heteroatoms. The predicted octanol–water partition coefficient (Wildman–Crippen LogP) is 0.473. The van der Waals surface area contributed by atoms with Gasteiger partial charge >= 0.3 is 0 Å². The summed E-state index contributed by atoms with van der Waals surface area (Å²) in [7, 11) is 0. The molecule has 0 aliphatic carbocycles. The zero-order valence-electron chi connectivity index (χ0n) is 9.18. The second-order valence-corrected chi connectivity index (χ2v) is 4.00. The molecule has 1 saturated heterocycles. The quantitative estimate of drug-likeness (QED) is 0.742. The first-order chi connectivity index (χ1) is 7.03. The Morgan fingerprint density at radius 2 is 2.20 bits per heavy atom. The summed E-state index contributed by atoms with van der Waals surface area (Å²) >= 11 is 0. The van der Waals surface area contributed by atoms with E-state index in [9.17, 15) is 14.0 Å². The fraction of sp³-hybridized carbons (Fsp3) is 0.800. The standard InChI is InChI=1S/C10H17FN2O2/c1-3-10(2)9(15)13(6-4-5-11)7-8(14)12-10/h3-7H2,1-2H3,(H,12,14). The van der Waals surface area contributed by atoms with Gasteiger partial charge in [-0.1, -0.05) is 6.92 Å². The fourth-order valence-corrected chi connectivity index (χ4v) is 1.67. The molecule has 0 bridgehead atoms. The summed E-state index contributed by atoms with van der Waals surface area (Å²) in [5, 5.41) is 2.67. The molecule has 0 spiro atoms. The van der Waals surface area contributed by atoms with E-state index in [0.29, 0.717) is 19.4 Å². The Morgan fingerprint density at radius 1 is 1.53 bits per heavy atom. The van der Waals surface area contributed by atoms with Crippen molar-refractivity contribution in [3.8, 4) is 0 Å². The number of halogens is 1. The van der Waals surface area contributed by atoms with Crippen LogP contribution in [0.25, 0.3) is 0 Å². The number of alkyl halides is 1. The lowest BCUT2D eigenvalue weighted by Gasteiger charge is -2.39. The molecule has 1 aliphatic rings. The fourth-order valence-electron chi connectivity index (χ4n) is 1.67. The van der Waals surface area contributed by atoms with Crippen molar-refractivity contribution < 1.29 is 14.0 Å². The van der Waals surface area contributed by atoms with Crippen LogP contribution >= 0.6 is 0 Å². The van der Waals surface area contributed by atoms with Crippen molar-refractivity contribution in [2.75, 3.05) is 19.8 Å². The van der Waals surface area contributed by atoms with E-state index in [-0.39, 0.29) is 18.4 Å². The van der Waals surface area contributed by atoms with Crippen LogP contribution in [-0.4, -0.2) is 42.0 Å². The summed E-state index contributed by atoms with van der Waals surface area (Å²) in [6.45, 7) is 3.45. The molecule has 1 atom stereocenters. The van der Waals surface area contributed by atoms with Crippen LogP contribution in [0.3, 0.4) is 0 Å². The molecule has 0 saturated carbocycles. The maximum Gasteiger partial charge on any atom is 0.248 e. The van der Waals surface area contributed by atoms with Crippen LogP contribution in [0.2, 0.25) is 0 Å². The number of amides is 2. The predicted molar refractivity (Wildman–Crippen MR) is 54.0 cm³/mol. The maximum atomic E-state index is 12.0. The van der Waals surface area contributed by atoms with Gasteiger partial charge in [-0.25, -0.2) is 0 Å².